The molecule has 54 valence electrons. The zero-order chi connectivity index (χ0) is 7.28. The maximum atomic E-state index is 10.8. The molecule has 0 heterocycles. The van der Waals surface area contributed by atoms with E-state index in [9.17, 15) is 4.79 Å². The van der Waals surface area contributed by atoms with Gasteiger partial charge in [0.15, 0.2) is 0 Å². The van der Waals surface area contributed by atoms with Crippen LogP contribution in [-0.2, 0) is 4.79 Å². The Bertz CT molecular complexity index is 88.9. The molecule has 0 aromatic carbocycles. The van der Waals surface area contributed by atoms with Crippen LogP contribution in [0.2, 0.25) is 0 Å². The molecule has 0 aliphatic heterocycles. The summed E-state index contributed by atoms with van der Waals surface area (Å²) in [4.78, 5) is 10.8. The molecular weight excluding hydrogens is 136 g/mol. The van der Waals surface area contributed by atoms with Crippen LogP contribution in [0, 0.1) is 5.92 Å². The minimum absolute atomic E-state index is 0.278. The Morgan fingerprint density at radius 1 is 1.56 bits per heavy atom. The normalized spacial score (nSPS) is 10.2. The molecule has 0 radical (unpaired) electrons. The smallest absolute Gasteiger partial charge is 0.134 e. The molecule has 9 heavy (non-hydrogen) atoms. The van der Waals surface area contributed by atoms with Crippen molar-refractivity contribution < 1.29 is 4.79 Å². The first kappa shape index (κ1) is 8.96. The van der Waals surface area contributed by atoms with Crippen molar-refractivity contribution in [2.45, 2.75) is 26.7 Å². The third kappa shape index (κ3) is 5.84. The topological polar surface area (TPSA) is 17.1 Å². The number of hydrogen-bond acceptors (Lipinski definition) is 1. The largest absolute Gasteiger partial charge is 0.300 e. The van der Waals surface area contributed by atoms with Gasteiger partial charge in [0.2, 0.25) is 0 Å². The molecule has 0 atom stereocenters. The van der Waals surface area contributed by atoms with E-state index in [1.807, 2.05) is 13.8 Å². The van der Waals surface area contributed by atoms with Crippen LogP contribution in [0.25, 0.3) is 0 Å². The maximum absolute atomic E-state index is 10.8. The number of carbonyl (C=O) groups excluding carboxylic acids is 1. The zero-order valence-corrected chi connectivity index (χ0v) is 6.74. The van der Waals surface area contributed by atoms with E-state index >= 15 is 0 Å². The van der Waals surface area contributed by atoms with Gasteiger partial charge in [0, 0.05) is 18.7 Å². The van der Waals surface area contributed by atoms with Crippen LogP contribution in [0.3, 0.4) is 0 Å². The summed E-state index contributed by atoms with van der Waals surface area (Å²) in [6, 6.07) is 0. The lowest BCUT2D eigenvalue weighted by Crippen LogP contribution is -2.02. The molecule has 0 fully saturated rings. The maximum Gasteiger partial charge on any atom is 0.134 e. The van der Waals surface area contributed by atoms with Crippen LogP contribution in [0.4, 0.5) is 0 Å². The summed E-state index contributed by atoms with van der Waals surface area (Å²) in [5.41, 5.74) is 0. The summed E-state index contributed by atoms with van der Waals surface area (Å²) in [5, 5.41) is 0. The average Bonchev–Trinajstić information content (AvgIpc) is 1.63. The lowest BCUT2D eigenvalue weighted by atomic mass is 10.1. The van der Waals surface area contributed by atoms with Gasteiger partial charge in [0.1, 0.15) is 5.78 Å². The van der Waals surface area contributed by atoms with E-state index in [1.54, 1.807) is 0 Å². The Morgan fingerprint density at radius 2 is 2.11 bits per heavy atom. The molecule has 0 aromatic rings. The van der Waals surface area contributed by atoms with Crippen molar-refractivity contribution >= 4 is 17.4 Å². The van der Waals surface area contributed by atoms with Crippen molar-refractivity contribution in [3.8, 4) is 0 Å². The van der Waals surface area contributed by atoms with Gasteiger partial charge in [-0.15, -0.1) is 11.6 Å². The van der Waals surface area contributed by atoms with Crippen LogP contribution >= 0.6 is 11.6 Å². The van der Waals surface area contributed by atoms with E-state index in [0.29, 0.717) is 24.6 Å². The zero-order valence-electron chi connectivity index (χ0n) is 5.98. The fraction of sp³-hybridized carbons (Fsp3) is 0.857. The highest BCUT2D eigenvalue weighted by atomic mass is 35.5. The Hall–Kier alpha value is -0.0400. The van der Waals surface area contributed by atoms with E-state index in [1.165, 1.54) is 0 Å². The van der Waals surface area contributed by atoms with Gasteiger partial charge in [-0.1, -0.05) is 13.8 Å². The second-order valence-corrected chi connectivity index (χ2v) is 2.95. The van der Waals surface area contributed by atoms with Crippen LogP contribution in [0.5, 0.6) is 0 Å². The Labute approximate surface area is 61.4 Å². The van der Waals surface area contributed by atoms with Crippen LogP contribution in [0.1, 0.15) is 26.7 Å². The fourth-order valence-electron chi connectivity index (χ4n) is 0.663. The first-order chi connectivity index (χ1) is 4.16. The lowest BCUT2D eigenvalue weighted by Gasteiger charge is -1.99. The molecule has 0 aliphatic carbocycles. The number of alkyl halides is 1. The summed E-state index contributed by atoms with van der Waals surface area (Å²) in [6.45, 7) is 4.07. The molecule has 1 nitrogen and oxygen atoms in total. The van der Waals surface area contributed by atoms with Gasteiger partial charge in [0.05, 0.1) is 0 Å². The highest BCUT2D eigenvalue weighted by molar-refractivity contribution is 6.19. The Balaban J connectivity index is 3.27. The van der Waals surface area contributed by atoms with E-state index in [4.69, 9.17) is 11.6 Å². The fourth-order valence-corrected chi connectivity index (χ4v) is 0.874. The first-order valence-corrected chi connectivity index (χ1v) is 3.78. The van der Waals surface area contributed by atoms with E-state index in [-0.39, 0.29) is 5.78 Å². The molecule has 0 saturated carbocycles. The quantitative estimate of drug-likeness (QED) is 0.559. The van der Waals surface area contributed by atoms with E-state index in [0.717, 1.165) is 0 Å². The molecule has 0 aromatic heterocycles. The Kier molecular flexibility index (Phi) is 4.78. The third-order valence-corrected chi connectivity index (χ3v) is 1.20. The summed E-state index contributed by atoms with van der Waals surface area (Å²) in [5.74, 6) is 1.21. The predicted molar refractivity (Wildman–Crippen MR) is 39.8 cm³/mol. The van der Waals surface area contributed by atoms with Gasteiger partial charge in [-0.25, -0.2) is 0 Å². The molecule has 0 rings (SSSR count). The number of ketones is 1. The number of hydrogen-bond donors (Lipinski definition) is 0. The summed E-state index contributed by atoms with van der Waals surface area (Å²) < 4.78 is 0. The van der Waals surface area contributed by atoms with E-state index in [2.05, 4.69) is 0 Å². The minimum atomic E-state index is 0.278. The van der Waals surface area contributed by atoms with Crippen molar-refractivity contribution in [1.82, 2.24) is 0 Å². The second-order valence-electron chi connectivity index (χ2n) is 2.58. The lowest BCUT2D eigenvalue weighted by molar-refractivity contribution is -0.119. The number of carbonyl (C=O) groups is 1. The molecule has 0 spiro atoms. The molecule has 0 bridgehead atoms. The molecule has 0 saturated heterocycles. The third-order valence-electron chi connectivity index (χ3n) is 1.01. The molecule has 0 N–H and O–H groups in total. The molecule has 0 amide bonds. The predicted octanol–water partition coefficient (Wildman–Crippen LogP) is 2.23. The Morgan fingerprint density at radius 3 is 2.44 bits per heavy atom. The second kappa shape index (κ2) is 4.80. The molecule has 0 unspecified atom stereocenters. The monoisotopic (exact) mass is 148 g/mol. The summed E-state index contributed by atoms with van der Waals surface area (Å²) >= 11 is 5.36. The molecule has 0 aliphatic rings. The average molecular weight is 149 g/mol. The first-order valence-electron chi connectivity index (χ1n) is 3.24. The molecular formula is C7H13ClO. The summed E-state index contributed by atoms with van der Waals surface area (Å²) in [6.07, 6.45) is 1.20. The SMILES string of the molecule is CC(C)CC(=O)CCCl. The van der Waals surface area contributed by atoms with Crippen LogP contribution in [-0.4, -0.2) is 11.7 Å². The molecule has 2 heteroatoms. The minimum Gasteiger partial charge on any atom is -0.300 e. The summed E-state index contributed by atoms with van der Waals surface area (Å²) in [7, 11) is 0. The van der Waals surface area contributed by atoms with Crippen molar-refractivity contribution in [3.63, 3.8) is 0 Å². The highest BCUT2D eigenvalue weighted by Crippen LogP contribution is 2.02. The van der Waals surface area contributed by atoms with Crippen molar-refractivity contribution in [1.29, 1.82) is 0 Å². The van der Waals surface area contributed by atoms with Gasteiger partial charge < -0.3 is 0 Å². The number of Topliss-reactive ketones (excluding diaryl/α,β-unsaturated/α-hetero) is 1. The van der Waals surface area contributed by atoms with Crippen LogP contribution < -0.4 is 0 Å². The van der Waals surface area contributed by atoms with Crippen molar-refractivity contribution in [3.05, 3.63) is 0 Å². The highest BCUT2D eigenvalue weighted by Gasteiger charge is 2.02. The number of halogens is 1. The van der Waals surface area contributed by atoms with Gasteiger partial charge in [0.25, 0.3) is 0 Å². The van der Waals surface area contributed by atoms with Gasteiger partial charge >= 0.3 is 0 Å². The standard InChI is InChI=1S/C7H13ClO/c1-6(2)5-7(9)3-4-8/h6H,3-5H2,1-2H3. The van der Waals surface area contributed by atoms with Gasteiger partial charge in [-0.3, -0.25) is 4.79 Å². The van der Waals surface area contributed by atoms with Crippen LogP contribution in [0.15, 0.2) is 0 Å². The van der Waals surface area contributed by atoms with Gasteiger partial charge in [-0.05, 0) is 5.92 Å². The van der Waals surface area contributed by atoms with Crippen molar-refractivity contribution in [2.24, 2.45) is 5.92 Å². The van der Waals surface area contributed by atoms with Gasteiger partial charge in [-0.2, -0.15) is 0 Å². The van der Waals surface area contributed by atoms with E-state index < -0.39 is 0 Å². The number of rotatable bonds is 4. The van der Waals surface area contributed by atoms with Crippen molar-refractivity contribution in [2.75, 3.05) is 5.88 Å².